The topological polar surface area (TPSA) is 82.0 Å². The van der Waals surface area contributed by atoms with E-state index in [0.29, 0.717) is 0 Å². The van der Waals surface area contributed by atoms with Crippen molar-refractivity contribution in [2.24, 2.45) is 0 Å². The Labute approximate surface area is 126 Å². The van der Waals surface area contributed by atoms with Crippen molar-refractivity contribution in [3.63, 3.8) is 0 Å². The number of benzene rings is 1. The molecule has 0 heterocycles. The average Bonchev–Trinajstić information content (AvgIpc) is 2.21. The van der Waals surface area contributed by atoms with Crippen molar-refractivity contribution in [3.05, 3.63) is 24.3 Å². The second-order valence-corrected chi connectivity index (χ2v) is 4.15. The zero-order chi connectivity index (χ0) is 14.1. The van der Waals surface area contributed by atoms with E-state index >= 15 is 0 Å². The number of phenolic OH excluding ortho intramolecular Hbond substituents is 2. The molecule has 2 N–H and O–H groups in total. The van der Waals surface area contributed by atoms with Crippen molar-refractivity contribution in [1.82, 2.24) is 0 Å². The largest absolute Gasteiger partial charge is 1.00 e. The van der Waals surface area contributed by atoms with Gasteiger partial charge in [-0.1, -0.05) is 12.1 Å². The number of hydrogen-bond donors (Lipinski definition) is 2. The molecule has 0 fully saturated rings. The summed E-state index contributed by atoms with van der Waals surface area (Å²) in [6, 6.07) is 6.15. The van der Waals surface area contributed by atoms with Crippen LogP contribution in [-0.4, -0.2) is 29.7 Å². The molecule has 0 aromatic heterocycles. The predicted molar refractivity (Wildman–Crippen MR) is 68.0 cm³/mol. The summed E-state index contributed by atoms with van der Waals surface area (Å²) < 4.78 is 9.57. The summed E-state index contributed by atoms with van der Waals surface area (Å²) in [5.74, 6) is -0.153. The van der Waals surface area contributed by atoms with Crippen molar-refractivity contribution >= 4 is 7.32 Å². The molecular weight excluding hydrogens is 242 g/mol. The van der Waals surface area contributed by atoms with E-state index in [0.717, 1.165) is 0 Å². The van der Waals surface area contributed by atoms with E-state index in [-0.39, 0.29) is 42.6 Å². The molecule has 0 aliphatic rings. The molecule has 102 valence electrons. The van der Waals surface area contributed by atoms with Gasteiger partial charge in [-0.25, -0.2) is 0 Å². The van der Waals surface area contributed by atoms with E-state index in [9.17, 15) is 5.02 Å². The Morgan fingerprint density at radius 3 is 1.47 bits per heavy atom. The smallest absolute Gasteiger partial charge is 0.832 e. The third-order valence-electron chi connectivity index (χ3n) is 1.65. The molecule has 0 radical (unpaired) electrons. The molecule has 0 aliphatic heterocycles. The van der Waals surface area contributed by atoms with Gasteiger partial charge in [-0.05, 0) is 39.8 Å². The molecule has 0 spiro atoms. The van der Waals surface area contributed by atoms with Gasteiger partial charge in [0.15, 0.2) is 11.5 Å². The molecule has 0 aliphatic carbocycles. The first-order valence-electron chi connectivity index (χ1n) is 5.76. The van der Waals surface area contributed by atoms with Crippen molar-refractivity contribution < 1.29 is 43.4 Å². The summed E-state index contributed by atoms with van der Waals surface area (Å²) in [5.41, 5.74) is 0. The maximum atomic E-state index is 10.7. The Morgan fingerprint density at radius 1 is 0.947 bits per heavy atom. The second kappa shape index (κ2) is 11.2. The molecule has 0 bridgehead atoms. The van der Waals surface area contributed by atoms with Crippen LogP contribution < -0.4 is 23.9 Å². The van der Waals surface area contributed by atoms with E-state index in [1.807, 2.05) is 0 Å². The van der Waals surface area contributed by atoms with Gasteiger partial charge in [0.25, 0.3) is 0 Å². The number of hydrogen-bond acceptors (Lipinski definition) is 5. The summed E-state index contributed by atoms with van der Waals surface area (Å²) in [5, 5.41) is 28.0. The van der Waals surface area contributed by atoms with Gasteiger partial charge >= 0.3 is 26.2 Å². The molecule has 0 unspecified atom stereocenters. The van der Waals surface area contributed by atoms with Gasteiger partial charge in [-0.15, -0.1) is 0 Å². The fourth-order valence-corrected chi connectivity index (χ4v) is 0.941. The van der Waals surface area contributed by atoms with E-state index in [4.69, 9.17) is 19.5 Å². The molecule has 1 rings (SSSR count). The van der Waals surface area contributed by atoms with Gasteiger partial charge < -0.3 is 24.5 Å². The summed E-state index contributed by atoms with van der Waals surface area (Å²) in [6.45, 7) is 7.20. The summed E-state index contributed by atoms with van der Waals surface area (Å²) >= 11 is 0. The van der Waals surface area contributed by atoms with Crippen LogP contribution in [-0.2, 0) is 9.31 Å². The summed E-state index contributed by atoms with van der Waals surface area (Å²) in [4.78, 5) is 0. The molecule has 0 amide bonds. The maximum Gasteiger partial charge on any atom is 1.00 e. The number of para-hydroxylation sites is 2. The fraction of sp³-hybridized carbons (Fsp3) is 0.500. The first kappa shape index (κ1) is 20.7. The van der Waals surface area contributed by atoms with Gasteiger partial charge in [0.2, 0.25) is 0 Å². The van der Waals surface area contributed by atoms with Gasteiger partial charge in [0.1, 0.15) is 0 Å². The molecule has 0 saturated heterocycles. The van der Waals surface area contributed by atoms with Crippen LogP contribution in [0.15, 0.2) is 24.3 Å². The summed E-state index contributed by atoms with van der Waals surface area (Å²) in [7, 11) is -1.33. The number of phenols is 2. The molecular formula is C12H20BLiO5. The Kier molecular flexibility index (Phi) is 12.2. The third kappa shape index (κ3) is 12.2. The molecule has 1 aromatic rings. The minimum Gasteiger partial charge on any atom is -0.832 e. The standard InChI is InChI=1S/C6H14BO3.C6H6O2.Li/c1-5(2)9-7(8)10-6(3)4;7-5-3-1-2-4-6(5)8;/h5-6H,1-4H3;1-4,7-8H;/q-1;;+1. The first-order valence-corrected chi connectivity index (χ1v) is 5.76. The van der Waals surface area contributed by atoms with Crippen LogP contribution in [0.2, 0.25) is 0 Å². The molecule has 1 aromatic carbocycles. The van der Waals surface area contributed by atoms with E-state index < -0.39 is 7.32 Å². The molecule has 7 heteroatoms. The van der Waals surface area contributed by atoms with Crippen molar-refractivity contribution in [2.75, 3.05) is 0 Å². The van der Waals surface area contributed by atoms with E-state index in [2.05, 4.69) is 0 Å². The number of rotatable bonds is 4. The molecule has 0 atom stereocenters. The fourth-order valence-electron chi connectivity index (χ4n) is 0.941. The molecule has 5 nitrogen and oxygen atoms in total. The average molecular weight is 262 g/mol. The Hall–Kier alpha value is -0.638. The van der Waals surface area contributed by atoms with Crippen LogP contribution in [0.5, 0.6) is 11.5 Å². The van der Waals surface area contributed by atoms with Gasteiger partial charge in [0.05, 0.1) is 0 Å². The van der Waals surface area contributed by atoms with Crippen molar-refractivity contribution in [3.8, 4) is 11.5 Å². The van der Waals surface area contributed by atoms with E-state index in [1.165, 1.54) is 12.1 Å². The molecule has 0 saturated carbocycles. The zero-order valence-electron chi connectivity index (χ0n) is 12.2. The minimum atomic E-state index is -1.33. The van der Waals surface area contributed by atoms with Gasteiger partial charge in [-0.3, -0.25) is 0 Å². The van der Waals surface area contributed by atoms with E-state index in [1.54, 1.807) is 39.8 Å². The van der Waals surface area contributed by atoms with Crippen LogP contribution in [0, 0.1) is 0 Å². The van der Waals surface area contributed by atoms with Crippen LogP contribution in [0.25, 0.3) is 0 Å². The predicted octanol–water partition coefficient (Wildman–Crippen LogP) is -1.72. The minimum absolute atomic E-state index is 0. The van der Waals surface area contributed by atoms with Gasteiger partial charge in [0, 0.05) is 12.2 Å². The third-order valence-corrected chi connectivity index (χ3v) is 1.65. The summed E-state index contributed by atoms with van der Waals surface area (Å²) in [6.07, 6.45) is -0.137. The quantitative estimate of drug-likeness (QED) is 0.498. The van der Waals surface area contributed by atoms with Crippen molar-refractivity contribution in [1.29, 1.82) is 0 Å². The monoisotopic (exact) mass is 262 g/mol. The SMILES string of the molecule is CC(C)OB([O-])OC(C)C.Oc1ccccc1O.[Li+]. The first-order chi connectivity index (χ1) is 8.32. The Morgan fingerprint density at radius 2 is 1.26 bits per heavy atom. The van der Waals surface area contributed by atoms with Crippen LogP contribution in [0.1, 0.15) is 27.7 Å². The molecule has 19 heavy (non-hydrogen) atoms. The number of aromatic hydroxyl groups is 2. The Balaban J connectivity index is 0. The Bertz CT molecular complexity index is 305. The van der Waals surface area contributed by atoms with Crippen LogP contribution in [0.4, 0.5) is 0 Å². The van der Waals surface area contributed by atoms with Crippen molar-refractivity contribution in [2.45, 2.75) is 39.9 Å². The van der Waals surface area contributed by atoms with Crippen LogP contribution in [0.3, 0.4) is 0 Å². The maximum absolute atomic E-state index is 10.7. The van der Waals surface area contributed by atoms with Gasteiger partial charge in [-0.2, -0.15) is 0 Å². The normalized spacial score (nSPS) is 9.63. The van der Waals surface area contributed by atoms with Crippen LogP contribution >= 0.6 is 0 Å². The zero-order valence-corrected chi connectivity index (χ0v) is 12.2. The second-order valence-electron chi connectivity index (χ2n) is 4.15.